The fourth-order valence-corrected chi connectivity index (χ4v) is 7.03. The van der Waals surface area contributed by atoms with Gasteiger partial charge in [0.2, 0.25) is 11.8 Å². The maximum atomic E-state index is 13.8. The molecule has 1 aliphatic heterocycles. The number of amides is 2. The van der Waals surface area contributed by atoms with Crippen molar-refractivity contribution in [3.05, 3.63) is 99.0 Å². The van der Waals surface area contributed by atoms with Crippen LogP contribution in [0.3, 0.4) is 0 Å². The summed E-state index contributed by atoms with van der Waals surface area (Å²) in [5, 5.41) is 0.616. The predicted octanol–water partition coefficient (Wildman–Crippen LogP) is 6.09. The number of benzene rings is 3. The number of carbonyl (C=O) groups excluding carboxylic acids is 2. The van der Waals surface area contributed by atoms with Crippen LogP contribution >= 0.6 is 46.4 Å². The van der Waals surface area contributed by atoms with E-state index in [9.17, 15) is 9.59 Å². The van der Waals surface area contributed by atoms with E-state index in [0.29, 0.717) is 5.02 Å². The normalized spacial score (nSPS) is 30.3. The lowest BCUT2D eigenvalue weighted by atomic mass is 9.54. The maximum absolute atomic E-state index is 13.8. The number of halogens is 4. The lowest BCUT2D eigenvalue weighted by molar-refractivity contribution is -0.122. The smallest absolute Gasteiger partial charge is 0.240 e. The number of nitrogens with zero attached hydrogens (tertiary/aromatic N) is 1. The second kappa shape index (κ2) is 6.26. The van der Waals surface area contributed by atoms with Gasteiger partial charge in [0.15, 0.2) is 0 Å². The van der Waals surface area contributed by atoms with Gasteiger partial charge < -0.3 is 0 Å². The molecule has 7 heteroatoms. The molecule has 0 saturated carbocycles. The van der Waals surface area contributed by atoms with E-state index in [1.54, 1.807) is 12.1 Å². The lowest BCUT2D eigenvalue weighted by Gasteiger charge is -2.54. The highest BCUT2D eigenvalue weighted by atomic mass is 35.5. The van der Waals surface area contributed by atoms with Gasteiger partial charge in [0.25, 0.3) is 0 Å². The summed E-state index contributed by atoms with van der Waals surface area (Å²) >= 11 is 27.3. The minimum absolute atomic E-state index is 0.242. The van der Waals surface area contributed by atoms with Crippen LogP contribution < -0.4 is 4.90 Å². The SMILES string of the molecule is O=C1[C@H]2[C@H](C(=O)N1c1cc(Cl)ccc1Cl)C1(Cl)c3ccccc3C2(Cl)c2ccccc21. The predicted molar refractivity (Wildman–Crippen MR) is 122 cm³/mol. The van der Waals surface area contributed by atoms with Gasteiger partial charge in [0.05, 0.1) is 22.5 Å². The second-order valence-electron chi connectivity index (χ2n) is 8.08. The van der Waals surface area contributed by atoms with Gasteiger partial charge in [-0.25, -0.2) is 4.90 Å². The van der Waals surface area contributed by atoms with Gasteiger partial charge in [-0.15, -0.1) is 23.2 Å². The van der Waals surface area contributed by atoms with E-state index in [1.165, 1.54) is 6.07 Å². The van der Waals surface area contributed by atoms with E-state index in [-0.39, 0.29) is 10.7 Å². The van der Waals surface area contributed by atoms with E-state index in [2.05, 4.69) is 0 Å². The first kappa shape index (κ1) is 19.6. The first-order valence-corrected chi connectivity index (χ1v) is 11.2. The highest BCUT2D eigenvalue weighted by Crippen LogP contribution is 2.69. The molecule has 31 heavy (non-hydrogen) atoms. The number of hydrogen-bond donors (Lipinski definition) is 0. The average Bonchev–Trinajstić information content (AvgIpc) is 3.05. The first-order chi connectivity index (χ1) is 14.8. The summed E-state index contributed by atoms with van der Waals surface area (Å²) in [7, 11) is 0. The minimum Gasteiger partial charge on any atom is -0.274 e. The molecule has 0 N–H and O–H groups in total. The molecule has 1 heterocycles. The molecule has 7 rings (SSSR count). The molecule has 3 aliphatic carbocycles. The molecule has 3 aromatic rings. The Balaban J connectivity index is 1.67. The molecular weight excluding hydrogens is 476 g/mol. The van der Waals surface area contributed by atoms with Crippen molar-refractivity contribution in [1.82, 2.24) is 0 Å². The van der Waals surface area contributed by atoms with Crippen LogP contribution in [0.4, 0.5) is 5.69 Å². The zero-order valence-corrected chi connectivity index (χ0v) is 18.8. The molecule has 2 bridgehead atoms. The summed E-state index contributed by atoms with van der Waals surface area (Å²) in [6.45, 7) is 0. The Kier molecular flexibility index (Phi) is 3.97. The molecular formula is C24H13Cl4NO2. The van der Waals surface area contributed by atoms with Crippen LogP contribution in [0.15, 0.2) is 66.7 Å². The topological polar surface area (TPSA) is 37.4 Å². The van der Waals surface area contributed by atoms with Gasteiger partial charge in [-0.3, -0.25) is 9.59 Å². The number of rotatable bonds is 1. The molecule has 2 atom stereocenters. The Labute approximate surface area is 198 Å². The van der Waals surface area contributed by atoms with E-state index >= 15 is 0 Å². The maximum Gasteiger partial charge on any atom is 0.240 e. The van der Waals surface area contributed by atoms with Gasteiger partial charge in [-0.1, -0.05) is 71.7 Å². The summed E-state index contributed by atoms with van der Waals surface area (Å²) in [5.41, 5.74) is 3.27. The van der Waals surface area contributed by atoms with Crippen molar-refractivity contribution in [2.45, 2.75) is 9.75 Å². The van der Waals surface area contributed by atoms with Crippen molar-refractivity contribution in [1.29, 1.82) is 0 Å². The average molecular weight is 489 g/mol. The van der Waals surface area contributed by atoms with Crippen LogP contribution in [0.25, 0.3) is 0 Å². The Morgan fingerprint density at radius 1 is 0.677 bits per heavy atom. The third kappa shape index (κ3) is 2.18. The monoisotopic (exact) mass is 487 g/mol. The molecule has 3 aromatic carbocycles. The van der Waals surface area contributed by atoms with Crippen LogP contribution in [0.2, 0.25) is 10.0 Å². The summed E-state index contributed by atoms with van der Waals surface area (Å²) in [6.07, 6.45) is 0. The van der Waals surface area contributed by atoms with Crippen molar-refractivity contribution in [3.8, 4) is 0 Å². The third-order valence-corrected chi connectivity index (χ3v) is 8.57. The molecule has 1 saturated heterocycles. The summed E-state index contributed by atoms with van der Waals surface area (Å²) < 4.78 is 0. The van der Waals surface area contributed by atoms with Gasteiger partial charge in [-0.2, -0.15) is 0 Å². The van der Waals surface area contributed by atoms with E-state index in [4.69, 9.17) is 46.4 Å². The highest BCUT2D eigenvalue weighted by molar-refractivity contribution is 6.41. The largest absolute Gasteiger partial charge is 0.274 e. The first-order valence-electron chi connectivity index (χ1n) is 9.72. The minimum atomic E-state index is -1.22. The second-order valence-corrected chi connectivity index (χ2v) is 10.1. The zero-order chi connectivity index (χ0) is 21.7. The molecule has 0 aromatic heterocycles. The molecule has 4 aliphatic rings. The van der Waals surface area contributed by atoms with Crippen molar-refractivity contribution in [2.75, 3.05) is 4.90 Å². The van der Waals surface area contributed by atoms with Crippen molar-refractivity contribution >= 4 is 63.9 Å². The quantitative estimate of drug-likeness (QED) is 0.307. The Hall–Kier alpha value is -2.04. The van der Waals surface area contributed by atoms with Crippen molar-refractivity contribution < 1.29 is 9.59 Å². The van der Waals surface area contributed by atoms with Crippen molar-refractivity contribution in [2.24, 2.45) is 11.8 Å². The molecule has 0 spiro atoms. The Bertz CT molecular complexity index is 1200. The Morgan fingerprint density at radius 2 is 1.10 bits per heavy atom. The van der Waals surface area contributed by atoms with Crippen LogP contribution in [-0.4, -0.2) is 11.8 Å². The van der Waals surface area contributed by atoms with Crippen LogP contribution in [0.1, 0.15) is 22.3 Å². The molecule has 1 fully saturated rings. The molecule has 2 amide bonds. The lowest BCUT2D eigenvalue weighted by Crippen LogP contribution is -2.57. The van der Waals surface area contributed by atoms with Crippen molar-refractivity contribution in [3.63, 3.8) is 0 Å². The van der Waals surface area contributed by atoms with E-state index in [0.717, 1.165) is 27.2 Å². The fraction of sp³-hybridized carbons (Fsp3) is 0.167. The standard InChI is InChI=1S/C24H13Cl4NO2/c25-12-9-10-17(26)18(11-12)29-21(30)19-20(22(29)31)24(28)14-6-2-1-5-13(14)23(19,27)15-7-3-4-8-16(15)24/h1-11,19-20H/t19-,20-,23?,24?/m1/s1. The molecule has 0 radical (unpaired) electrons. The van der Waals surface area contributed by atoms with Gasteiger partial charge >= 0.3 is 0 Å². The molecule has 0 unspecified atom stereocenters. The summed E-state index contributed by atoms with van der Waals surface area (Å²) in [5.74, 6) is -2.61. The van der Waals surface area contributed by atoms with Gasteiger partial charge in [-0.05, 0) is 40.5 Å². The van der Waals surface area contributed by atoms with E-state index < -0.39 is 33.4 Å². The van der Waals surface area contributed by atoms with Crippen LogP contribution in [0.5, 0.6) is 0 Å². The molecule has 154 valence electrons. The number of anilines is 1. The highest BCUT2D eigenvalue weighted by Gasteiger charge is 2.73. The Morgan fingerprint density at radius 3 is 1.52 bits per heavy atom. The third-order valence-electron chi connectivity index (χ3n) is 6.73. The summed E-state index contributed by atoms with van der Waals surface area (Å²) in [6, 6.07) is 19.7. The van der Waals surface area contributed by atoms with Gasteiger partial charge in [0.1, 0.15) is 9.75 Å². The van der Waals surface area contributed by atoms with Gasteiger partial charge in [0, 0.05) is 5.02 Å². The van der Waals surface area contributed by atoms with E-state index in [1.807, 2.05) is 48.5 Å². The zero-order valence-electron chi connectivity index (χ0n) is 15.8. The number of carbonyl (C=O) groups is 2. The number of imide groups is 1. The van der Waals surface area contributed by atoms with Crippen LogP contribution in [-0.2, 0) is 19.3 Å². The number of alkyl halides is 2. The molecule has 3 nitrogen and oxygen atoms in total. The summed E-state index contributed by atoms with van der Waals surface area (Å²) in [4.78, 5) is 26.3. The fourth-order valence-electron chi connectivity index (χ4n) is 5.56. The van der Waals surface area contributed by atoms with Crippen LogP contribution in [0, 0.1) is 11.8 Å². The number of hydrogen-bond acceptors (Lipinski definition) is 2.